The van der Waals surface area contributed by atoms with Gasteiger partial charge in [0.25, 0.3) is 11.6 Å². The van der Waals surface area contributed by atoms with Gasteiger partial charge in [0.2, 0.25) is 0 Å². The van der Waals surface area contributed by atoms with Gasteiger partial charge in [-0.25, -0.2) is 4.98 Å². The van der Waals surface area contributed by atoms with Crippen LogP contribution < -0.4 is 5.32 Å². The summed E-state index contributed by atoms with van der Waals surface area (Å²) in [4.78, 5) is 27.7. The maximum Gasteiger partial charge on any atom is 0.272 e. The molecular weight excluding hydrogens is 368 g/mol. The molecule has 3 rings (SSSR count). The fraction of sp³-hybridized carbons (Fsp3) is 0.278. The van der Waals surface area contributed by atoms with Crippen LogP contribution in [0, 0.1) is 24.0 Å². The Bertz CT molecular complexity index is 1020. The highest BCUT2D eigenvalue weighted by molar-refractivity contribution is 7.14. The minimum atomic E-state index is -0.421. The number of hydrogen-bond donors (Lipinski definition) is 1. The summed E-state index contributed by atoms with van der Waals surface area (Å²) in [6.07, 6.45) is 0. The lowest BCUT2D eigenvalue weighted by molar-refractivity contribution is -0.385. The van der Waals surface area contributed by atoms with E-state index in [1.54, 1.807) is 31.4 Å². The van der Waals surface area contributed by atoms with Gasteiger partial charge in [-0.1, -0.05) is 31.1 Å². The van der Waals surface area contributed by atoms with Crippen LogP contribution in [0.2, 0.25) is 0 Å². The Morgan fingerprint density at radius 2 is 2.07 bits per heavy atom. The Morgan fingerprint density at radius 1 is 1.33 bits per heavy atom. The van der Waals surface area contributed by atoms with Crippen molar-refractivity contribution in [3.63, 3.8) is 0 Å². The summed E-state index contributed by atoms with van der Waals surface area (Å²) in [5.41, 5.74) is 2.72. The second kappa shape index (κ2) is 7.28. The Labute approximate surface area is 159 Å². The lowest BCUT2D eigenvalue weighted by Crippen LogP contribution is -2.14. The maximum atomic E-state index is 12.6. The predicted octanol–water partition coefficient (Wildman–Crippen LogP) is 4.70. The fourth-order valence-corrected chi connectivity index (χ4v) is 3.36. The third-order valence-corrected chi connectivity index (χ3v) is 4.82. The van der Waals surface area contributed by atoms with Crippen LogP contribution in [-0.2, 0) is 0 Å². The second-order valence-corrected chi connectivity index (χ2v) is 7.27. The number of hydrogen-bond acceptors (Lipinski definition) is 7. The van der Waals surface area contributed by atoms with Crippen molar-refractivity contribution >= 4 is 28.1 Å². The molecule has 1 N–H and O–H groups in total. The molecule has 0 aliphatic rings. The number of carbonyl (C=O) groups excluding carboxylic acids is 1. The molecule has 2 heterocycles. The standard InChI is InChI=1S/C18H18N4O4S/c1-9(2)16-15(11(4)21-26-16)17(23)20-18-19-13(8-27-18)12-6-5-10(3)14(7-12)22(24)25/h5-9H,1-4H3,(H,19,20,23). The van der Waals surface area contributed by atoms with E-state index < -0.39 is 4.92 Å². The van der Waals surface area contributed by atoms with Crippen LogP contribution in [0.1, 0.15) is 47.1 Å². The van der Waals surface area contributed by atoms with E-state index in [1.807, 2.05) is 13.8 Å². The first kappa shape index (κ1) is 18.7. The SMILES string of the molecule is Cc1ccc(-c2csc(NC(=O)c3c(C)noc3C(C)C)n2)cc1[N+](=O)[O-]. The Balaban J connectivity index is 1.85. The van der Waals surface area contributed by atoms with Gasteiger partial charge in [0.15, 0.2) is 10.9 Å². The molecule has 0 atom stereocenters. The van der Waals surface area contributed by atoms with Crippen molar-refractivity contribution in [3.8, 4) is 11.3 Å². The highest BCUT2D eigenvalue weighted by atomic mass is 32.1. The largest absolute Gasteiger partial charge is 0.360 e. The van der Waals surface area contributed by atoms with Gasteiger partial charge < -0.3 is 4.52 Å². The number of nitrogens with one attached hydrogen (secondary N) is 1. The smallest absolute Gasteiger partial charge is 0.272 e. The molecule has 0 radical (unpaired) electrons. The minimum absolute atomic E-state index is 0.0203. The molecule has 0 aliphatic carbocycles. The van der Waals surface area contributed by atoms with E-state index in [9.17, 15) is 14.9 Å². The van der Waals surface area contributed by atoms with Crippen LogP contribution in [0.15, 0.2) is 28.1 Å². The molecule has 0 fully saturated rings. The van der Waals surface area contributed by atoms with E-state index in [0.29, 0.717) is 39.0 Å². The van der Waals surface area contributed by atoms with Crippen LogP contribution in [0.3, 0.4) is 0 Å². The fourth-order valence-electron chi connectivity index (χ4n) is 2.65. The van der Waals surface area contributed by atoms with Gasteiger partial charge in [0, 0.05) is 28.5 Å². The molecule has 0 saturated carbocycles. The average Bonchev–Trinajstić information content (AvgIpc) is 3.21. The molecule has 0 unspecified atom stereocenters. The molecule has 1 aromatic carbocycles. The number of nitro benzene ring substituents is 1. The van der Waals surface area contributed by atoms with Gasteiger partial charge in [-0.15, -0.1) is 11.3 Å². The highest BCUT2D eigenvalue weighted by Gasteiger charge is 2.23. The zero-order chi connectivity index (χ0) is 19.7. The van der Waals surface area contributed by atoms with Crippen molar-refractivity contribution < 1.29 is 14.2 Å². The maximum absolute atomic E-state index is 12.6. The Morgan fingerprint density at radius 3 is 2.74 bits per heavy atom. The average molecular weight is 386 g/mol. The molecule has 27 heavy (non-hydrogen) atoms. The second-order valence-electron chi connectivity index (χ2n) is 6.41. The summed E-state index contributed by atoms with van der Waals surface area (Å²) in [5, 5.41) is 19.9. The van der Waals surface area contributed by atoms with E-state index in [-0.39, 0.29) is 17.5 Å². The van der Waals surface area contributed by atoms with E-state index in [4.69, 9.17) is 4.52 Å². The quantitative estimate of drug-likeness (QED) is 0.502. The Hall–Kier alpha value is -3.07. The Kier molecular flexibility index (Phi) is 5.04. The summed E-state index contributed by atoms with van der Waals surface area (Å²) in [7, 11) is 0. The molecule has 0 bridgehead atoms. The van der Waals surface area contributed by atoms with Gasteiger partial charge in [0.05, 0.1) is 16.3 Å². The first-order chi connectivity index (χ1) is 12.8. The molecule has 140 valence electrons. The van der Waals surface area contributed by atoms with Gasteiger partial charge in [-0.05, 0) is 13.8 Å². The number of amides is 1. The molecule has 3 aromatic rings. The molecule has 0 saturated heterocycles. The summed E-state index contributed by atoms with van der Waals surface area (Å²) in [5.74, 6) is 0.205. The van der Waals surface area contributed by atoms with E-state index in [1.165, 1.54) is 17.4 Å². The van der Waals surface area contributed by atoms with Crippen molar-refractivity contribution in [2.75, 3.05) is 5.32 Å². The number of carbonyl (C=O) groups is 1. The summed E-state index contributed by atoms with van der Waals surface area (Å²) < 4.78 is 5.25. The van der Waals surface area contributed by atoms with E-state index >= 15 is 0 Å². The number of nitro groups is 1. The van der Waals surface area contributed by atoms with Gasteiger partial charge >= 0.3 is 0 Å². The summed E-state index contributed by atoms with van der Waals surface area (Å²) in [6.45, 7) is 7.23. The van der Waals surface area contributed by atoms with Gasteiger partial charge in [-0.3, -0.25) is 20.2 Å². The third kappa shape index (κ3) is 3.72. The monoisotopic (exact) mass is 386 g/mol. The topological polar surface area (TPSA) is 111 Å². The number of nitrogens with zero attached hydrogens (tertiary/aromatic N) is 3. The van der Waals surface area contributed by atoms with Crippen molar-refractivity contribution in [1.82, 2.24) is 10.1 Å². The molecule has 0 aliphatic heterocycles. The van der Waals surface area contributed by atoms with E-state index in [2.05, 4.69) is 15.5 Å². The first-order valence-corrected chi connectivity index (χ1v) is 9.14. The number of aryl methyl sites for hydroxylation is 2. The molecule has 9 heteroatoms. The van der Waals surface area contributed by atoms with Crippen LogP contribution >= 0.6 is 11.3 Å². The molecule has 0 spiro atoms. The van der Waals surface area contributed by atoms with E-state index in [0.717, 1.165) is 0 Å². The first-order valence-electron chi connectivity index (χ1n) is 8.26. The number of rotatable bonds is 5. The van der Waals surface area contributed by atoms with Crippen molar-refractivity contribution in [3.05, 3.63) is 56.3 Å². The molecular formula is C18H18N4O4S. The van der Waals surface area contributed by atoms with Crippen LogP contribution in [0.4, 0.5) is 10.8 Å². The molecule has 2 aromatic heterocycles. The van der Waals surface area contributed by atoms with Crippen LogP contribution in [-0.4, -0.2) is 21.0 Å². The zero-order valence-corrected chi connectivity index (χ0v) is 16.1. The number of thiazole rings is 1. The van der Waals surface area contributed by atoms with Gasteiger partial charge in [0.1, 0.15) is 5.56 Å². The lowest BCUT2D eigenvalue weighted by Gasteiger charge is -2.04. The normalized spacial score (nSPS) is 11.0. The third-order valence-electron chi connectivity index (χ3n) is 4.07. The zero-order valence-electron chi connectivity index (χ0n) is 15.3. The number of aromatic nitrogens is 2. The van der Waals surface area contributed by atoms with Crippen molar-refractivity contribution in [2.45, 2.75) is 33.6 Å². The minimum Gasteiger partial charge on any atom is -0.360 e. The van der Waals surface area contributed by atoms with Gasteiger partial charge in [-0.2, -0.15) is 0 Å². The molecule has 8 nitrogen and oxygen atoms in total. The predicted molar refractivity (Wildman–Crippen MR) is 102 cm³/mol. The van der Waals surface area contributed by atoms with Crippen LogP contribution in [0.5, 0.6) is 0 Å². The number of anilines is 1. The summed E-state index contributed by atoms with van der Waals surface area (Å²) >= 11 is 1.24. The lowest BCUT2D eigenvalue weighted by atomic mass is 10.0. The summed E-state index contributed by atoms with van der Waals surface area (Å²) in [6, 6.07) is 4.93. The highest BCUT2D eigenvalue weighted by Crippen LogP contribution is 2.30. The number of benzene rings is 1. The van der Waals surface area contributed by atoms with Crippen LogP contribution in [0.25, 0.3) is 11.3 Å². The van der Waals surface area contributed by atoms with Crippen molar-refractivity contribution in [2.24, 2.45) is 0 Å². The van der Waals surface area contributed by atoms with Crippen molar-refractivity contribution in [1.29, 1.82) is 0 Å². The molecule has 1 amide bonds.